The van der Waals surface area contributed by atoms with E-state index in [1.165, 1.54) is 26.0 Å². The Kier molecular flexibility index (Phi) is 5.27. The Hall–Kier alpha value is -1.01. The van der Waals surface area contributed by atoms with Crippen LogP contribution in [0.25, 0.3) is 0 Å². The normalized spacial score (nSPS) is 14.3. The van der Waals surface area contributed by atoms with Gasteiger partial charge in [0.05, 0.1) is 10.8 Å². The fourth-order valence-corrected chi connectivity index (χ4v) is 2.61. The lowest BCUT2D eigenvalue weighted by molar-refractivity contribution is 0.396. The zero-order chi connectivity index (χ0) is 15.6. The van der Waals surface area contributed by atoms with E-state index in [0.29, 0.717) is 6.54 Å². The van der Waals surface area contributed by atoms with Crippen molar-refractivity contribution in [1.82, 2.24) is 5.32 Å². The van der Waals surface area contributed by atoms with E-state index in [1.54, 1.807) is 0 Å². The highest BCUT2D eigenvalue weighted by atomic mass is 32.2. The van der Waals surface area contributed by atoms with Gasteiger partial charge in [-0.15, -0.1) is 0 Å². The van der Waals surface area contributed by atoms with Crippen LogP contribution in [0.1, 0.15) is 38.8 Å². The highest BCUT2D eigenvalue weighted by molar-refractivity contribution is 7.92. The minimum Gasteiger partial charge on any atom is -0.309 e. The summed E-state index contributed by atoms with van der Waals surface area (Å²) in [6.07, 6.45) is 1.86. The van der Waals surface area contributed by atoms with Crippen LogP contribution in [-0.4, -0.2) is 26.0 Å². The highest BCUT2D eigenvalue weighted by Gasteiger charge is 2.41. The van der Waals surface area contributed by atoms with Crippen molar-refractivity contribution in [3.63, 3.8) is 0 Å². The molecule has 6 heteroatoms. The van der Waals surface area contributed by atoms with Crippen LogP contribution in [0, 0.1) is 11.6 Å². The van der Waals surface area contributed by atoms with E-state index < -0.39 is 32.3 Å². The van der Waals surface area contributed by atoms with Gasteiger partial charge >= 0.3 is 0 Å². The van der Waals surface area contributed by atoms with Gasteiger partial charge in [0.2, 0.25) is 0 Å². The van der Waals surface area contributed by atoms with E-state index in [4.69, 9.17) is 0 Å². The lowest BCUT2D eigenvalue weighted by atomic mass is 9.94. The van der Waals surface area contributed by atoms with Crippen LogP contribution < -0.4 is 5.32 Å². The molecule has 1 rings (SSSR count). The number of sulfone groups is 1. The Balaban J connectivity index is 3.36. The van der Waals surface area contributed by atoms with Gasteiger partial charge in [-0.05, 0) is 32.9 Å². The second-order valence-corrected chi connectivity index (χ2v) is 8.00. The Morgan fingerprint density at radius 1 is 1.30 bits per heavy atom. The fraction of sp³-hybridized carbons (Fsp3) is 0.571. The fourth-order valence-electron chi connectivity index (χ4n) is 1.98. The molecule has 0 aliphatic heterocycles. The van der Waals surface area contributed by atoms with Crippen LogP contribution >= 0.6 is 0 Å². The summed E-state index contributed by atoms with van der Waals surface area (Å²) < 4.78 is 50.1. The first-order valence-electron chi connectivity index (χ1n) is 6.49. The van der Waals surface area contributed by atoms with E-state index in [1.807, 2.05) is 6.92 Å². The van der Waals surface area contributed by atoms with Gasteiger partial charge in [0.25, 0.3) is 0 Å². The summed E-state index contributed by atoms with van der Waals surface area (Å²) in [5.74, 6) is -1.98. The maximum atomic E-state index is 14.0. The smallest absolute Gasteiger partial charge is 0.163 e. The molecule has 0 saturated heterocycles. The van der Waals surface area contributed by atoms with E-state index in [9.17, 15) is 17.2 Å². The molecule has 0 heterocycles. The highest BCUT2D eigenvalue weighted by Crippen LogP contribution is 2.34. The minimum absolute atomic E-state index is 0.0360. The van der Waals surface area contributed by atoms with Crippen LogP contribution in [0.2, 0.25) is 0 Å². The molecule has 1 aromatic rings. The molecule has 0 bridgehead atoms. The van der Waals surface area contributed by atoms with Crippen molar-refractivity contribution in [2.24, 2.45) is 0 Å². The molecule has 0 spiro atoms. The first-order valence-corrected chi connectivity index (χ1v) is 8.39. The summed E-state index contributed by atoms with van der Waals surface area (Å²) in [4.78, 5) is 0. The molecule has 1 N–H and O–H groups in total. The van der Waals surface area contributed by atoms with Gasteiger partial charge in [-0.1, -0.05) is 19.1 Å². The van der Waals surface area contributed by atoms with Crippen LogP contribution in [0.3, 0.4) is 0 Å². The van der Waals surface area contributed by atoms with Crippen LogP contribution in [0.4, 0.5) is 8.78 Å². The van der Waals surface area contributed by atoms with Crippen molar-refractivity contribution in [3.8, 4) is 0 Å². The summed E-state index contributed by atoms with van der Waals surface area (Å²) in [7, 11) is -3.46. The van der Waals surface area contributed by atoms with Gasteiger partial charge in [-0.25, -0.2) is 17.2 Å². The summed E-state index contributed by atoms with van der Waals surface area (Å²) in [6.45, 7) is 5.46. The lowest BCUT2D eigenvalue weighted by Crippen LogP contribution is -2.45. The zero-order valence-electron chi connectivity index (χ0n) is 12.2. The lowest BCUT2D eigenvalue weighted by Gasteiger charge is -2.34. The summed E-state index contributed by atoms with van der Waals surface area (Å²) in [5.41, 5.74) is 0.0360. The number of rotatable bonds is 6. The number of hydrogen-bond acceptors (Lipinski definition) is 3. The maximum Gasteiger partial charge on any atom is 0.163 e. The minimum atomic E-state index is -3.46. The first kappa shape index (κ1) is 17.0. The van der Waals surface area contributed by atoms with E-state index >= 15 is 0 Å². The molecule has 1 atom stereocenters. The molecule has 0 aromatic heterocycles. The molecule has 114 valence electrons. The maximum absolute atomic E-state index is 14.0. The Bertz CT molecular complexity index is 571. The third-order valence-corrected chi connectivity index (χ3v) is 5.69. The molecular formula is C14H21F2NO2S. The monoisotopic (exact) mass is 305 g/mol. The quantitative estimate of drug-likeness (QED) is 0.879. The topological polar surface area (TPSA) is 46.2 Å². The van der Waals surface area contributed by atoms with Gasteiger partial charge in [0, 0.05) is 11.8 Å². The van der Waals surface area contributed by atoms with Crippen molar-refractivity contribution in [2.45, 2.75) is 38.0 Å². The Labute approximate surface area is 119 Å². The average molecular weight is 305 g/mol. The second kappa shape index (κ2) is 6.18. The van der Waals surface area contributed by atoms with Crippen molar-refractivity contribution < 1.29 is 17.2 Å². The number of hydrogen-bond donors (Lipinski definition) is 1. The third kappa shape index (κ3) is 3.35. The van der Waals surface area contributed by atoms with Crippen molar-refractivity contribution in [2.75, 3.05) is 12.8 Å². The van der Waals surface area contributed by atoms with E-state index in [2.05, 4.69) is 5.32 Å². The van der Waals surface area contributed by atoms with Gasteiger partial charge in [0.15, 0.2) is 21.5 Å². The van der Waals surface area contributed by atoms with Gasteiger partial charge in [-0.3, -0.25) is 0 Å². The first-order chi connectivity index (χ1) is 9.13. The Morgan fingerprint density at radius 2 is 1.90 bits per heavy atom. The summed E-state index contributed by atoms with van der Waals surface area (Å²) in [5, 5.41) is 3.01. The van der Waals surface area contributed by atoms with Crippen molar-refractivity contribution in [3.05, 3.63) is 35.4 Å². The number of nitrogens with one attached hydrogen (secondary N) is 1. The SMILES string of the molecule is CCCNC(c1cccc(F)c1F)C(C)(C)S(C)(=O)=O. The summed E-state index contributed by atoms with van der Waals surface area (Å²) >= 11 is 0. The Morgan fingerprint density at radius 3 is 2.40 bits per heavy atom. The molecule has 0 radical (unpaired) electrons. The molecule has 0 aliphatic carbocycles. The van der Waals surface area contributed by atoms with Crippen LogP contribution in [0.5, 0.6) is 0 Å². The largest absolute Gasteiger partial charge is 0.309 e. The molecular weight excluding hydrogens is 284 g/mol. The predicted molar refractivity (Wildman–Crippen MR) is 76.3 cm³/mol. The van der Waals surface area contributed by atoms with Gasteiger partial charge in [-0.2, -0.15) is 0 Å². The van der Waals surface area contributed by atoms with Crippen molar-refractivity contribution in [1.29, 1.82) is 0 Å². The zero-order valence-corrected chi connectivity index (χ0v) is 13.0. The van der Waals surface area contributed by atoms with Crippen LogP contribution in [-0.2, 0) is 9.84 Å². The van der Waals surface area contributed by atoms with Crippen molar-refractivity contribution >= 4 is 9.84 Å². The standard InChI is InChI=1S/C14H21F2NO2S/c1-5-9-17-13(14(2,3)20(4,18)19)10-7-6-8-11(15)12(10)16/h6-8,13,17H,5,9H2,1-4H3. The average Bonchev–Trinajstić information content (AvgIpc) is 2.33. The third-order valence-electron chi connectivity index (χ3n) is 3.54. The molecule has 1 unspecified atom stereocenters. The predicted octanol–water partition coefficient (Wildman–Crippen LogP) is 2.83. The number of halogens is 2. The molecule has 0 aliphatic rings. The molecule has 1 aromatic carbocycles. The molecule has 20 heavy (non-hydrogen) atoms. The van der Waals surface area contributed by atoms with Gasteiger partial charge in [0.1, 0.15) is 0 Å². The van der Waals surface area contributed by atoms with E-state index in [-0.39, 0.29) is 5.56 Å². The van der Waals surface area contributed by atoms with Gasteiger partial charge < -0.3 is 5.32 Å². The molecule has 0 saturated carbocycles. The molecule has 3 nitrogen and oxygen atoms in total. The molecule has 0 fully saturated rings. The summed E-state index contributed by atoms with van der Waals surface area (Å²) in [6, 6.07) is 3.00. The molecule has 0 amide bonds. The van der Waals surface area contributed by atoms with E-state index in [0.717, 1.165) is 18.7 Å². The number of benzene rings is 1. The second-order valence-electron chi connectivity index (χ2n) is 5.41. The van der Waals surface area contributed by atoms with Crippen LogP contribution in [0.15, 0.2) is 18.2 Å².